The van der Waals surface area contributed by atoms with Gasteiger partial charge in [-0.05, 0) is 105 Å². The first kappa shape index (κ1) is 19.0. The number of hydrogen-bond acceptors (Lipinski definition) is 1. The molecule has 27 heavy (non-hydrogen) atoms. The van der Waals surface area contributed by atoms with E-state index in [2.05, 4.69) is 25.1 Å². The van der Waals surface area contributed by atoms with E-state index < -0.39 is 0 Å². The second-order valence-electron chi connectivity index (χ2n) is 9.91. The minimum Gasteiger partial charge on any atom is -0.192 e. The minimum atomic E-state index is 0.736. The van der Waals surface area contributed by atoms with Crippen LogP contribution in [0.2, 0.25) is 0 Å². The van der Waals surface area contributed by atoms with Gasteiger partial charge in [-0.3, -0.25) is 0 Å². The molecule has 3 aliphatic rings. The van der Waals surface area contributed by atoms with Crippen LogP contribution in [0.15, 0.2) is 24.3 Å². The maximum absolute atomic E-state index is 9.02. The summed E-state index contributed by atoms with van der Waals surface area (Å²) in [6, 6.07) is 10.7. The Balaban J connectivity index is 1.29. The van der Waals surface area contributed by atoms with Crippen molar-refractivity contribution in [3.8, 4) is 6.07 Å². The normalized spacial score (nSPS) is 36.6. The molecule has 0 heterocycles. The topological polar surface area (TPSA) is 23.8 Å². The second-order valence-corrected chi connectivity index (χ2v) is 9.91. The molecule has 3 aliphatic carbocycles. The molecule has 0 aliphatic heterocycles. The van der Waals surface area contributed by atoms with Crippen molar-refractivity contribution < 1.29 is 0 Å². The summed E-state index contributed by atoms with van der Waals surface area (Å²) < 4.78 is 0. The van der Waals surface area contributed by atoms with Crippen molar-refractivity contribution in [2.45, 2.75) is 89.9 Å². The van der Waals surface area contributed by atoms with Crippen LogP contribution in [-0.4, -0.2) is 0 Å². The Hall–Kier alpha value is -1.29. The van der Waals surface area contributed by atoms with E-state index in [0.29, 0.717) is 0 Å². The zero-order valence-electron chi connectivity index (χ0n) is 17.2. The highest BCUT2D eigenvalue weighted by Gasteiger charge is 2.38. The number of nitriles is 1. The minimum absolute atomic E-state index is 0.736. The van der Waals surface area contributed by atoms with Crippen LogP contribution in [0.25, 0.3) is 0 Å². The molecule has 0 bridgehead atoms. The molecule has 0 N–H and O–H groups in total. The molecular formula is C26H37N. The van der Waals surface area contributed by atoms with Gasteiger partial charge in [0.25, 0.3) is 0 Å². The van der Waals surface area contributed by atoms with Gasteiger partial charge >= 0.3 is 0 Å². The van der Waals surface area contributed by atoms with E-state index in [9.17, 15) is 0 Å². The molecule has 0 saturated heterocycles. The molecule has 1 aromatic carbocycles. The van der Waals surface area contributed by atoms with Crippen molar-refractivity contribution in [3.63, 3.8) is 0 Å². The first-order chi connectivity index (χ1) is 13.3. The van der Waals surface area contributed by atoms with Crippen molar-refractivity contribution in [1.29, 1.82) is 5.26 Å². The summed E-state index contributed by atoms with van der Waals surface area (Å²) in [5, 5.41) is 9.02. The zero-order chi connectivity index (χ0) is 18.6. The lowest BCUT2D eigenvalue weighted by Gasteiger charge is -2.45. The van der Waals surface area contributed by atoms with Gasteiger partial charge in [0.2, 0.25) is 0 Å². The Kier molecular flexibility index (Phi) is 6.21. The largest absolute Gasteiger partial charge is 0.192 e. The fourth-order valence-corrected chi connectivity index (χ4v) is 6.84. The van der Waals surface area contributed by atoms with Crippen LogP contribution in [0.1, 0.15) is 101 Å². The third-order valence-corrected chi connectivity index (χ3v) is 8.42. The molecule has 1 aromatic rings. The molecule has 1 heteroatoms. The van der Waals surface area contributed by atoms with E-state index in [1.54, 1.807) is 0 Å². The highest BCUT2D eigenvalue weighted by atomic mass is 14.4. The summed E-state index contributed by atoms with van der Waals surface area (Å²) in [4.78, 5) is 0. The molecule has 0 amide bonds. The van der Waals surface area contributed by atoms with Crippen molar-refractivity contribution >= 4 is 0 Å². The molecule has 0 spiro atoms. The molecular weight excluding hydrogens is 326 g/mol. The van der Waals surface area contributed by atoms with Gasteiger partial charge < -0.3 is 0 Å². The van der Waals surface area contributed by atoms with Crippen LogP contribution >= 0.6 is 0 Å². The van der Waals surface area contributed by atoms with Crippen LogP contribution in [0, 0.1) is 40.9 Å². The quantitative estimate of drug-likeness (QED) is 0.544. The molecule has 4 rings (SSSR count). The van der Waals surface area contributed by atoms with Gasteiger partial charge in [0, 0.05) is 0 Å². The summed E-state index contributed by atoms with van der Waals surface area (Å²) in [7, 11) is 0. The molecule has 0 aromatic heterocycles. The van der Waals surface area contributed by atoms with Crippen LogP contribution in [0.4, 0.5) is 0 Å². The number of fused-ring (bicyclic) bond motifs is 1. The van der Waals surface area contributed by atoms with Gasteiger partial charge in [-0.15, -0.1) is 0 Å². The first-order valence-corrected chi connectivity index (χ1v) is 11.8. The summed E-state index contributed by atoms with van der Waals surface area (Å²) in [5.74, 6) is 5.85. The Morgan fingerprint density at radius 1 is 0.778 bits per heavy atom. The Morgan fingerprint density at radius 2 is 1.37 bits per heavy atom. The predicted octanol–water partition coefficient (Wildman–Crippen LogP) is 7.46. The van der Waals surface area contributed by atoms with E-state index in [1.807, 2.05) is 12.1 Å². The Labute approximate surface area is 166 Å². The van der Waals surface area contributed by atoms with E-state index in [4.69, 9.17) is 5.26 Å². The summed E-state index contributed by atoms with van der Waals surface area (Å²) in [6.45, 7) is 2.35. The highest BCUT2D eigenvalue weighted by Crippen LogP contribution is 2.51. The summed E-state index contributed by atoms with van der Waals surface area (Å²) in [5.41, 5.74) is 2.27. The zero-order valence-corrected chi connectivity index (χ0v) is 17.2. The lowest BCUT2D eigenvalue weighted by molar-refractivity contribution is 0.0712. The van der Waals surface area contributed by atoms with Gasteiger partial charge in [0.15, 0.2) is 0 Å². The van der Waals surface area contributed by atoms with E-state index in [0.717, 1.165) is 41.1 Å². The van der Waals surface area contributed by atoms with E-state index >= 15 is 0 Å². The fraction of sp³-hybridized carbons (Fsp3) is 0.731. The van der Waals surface area contributed by atoms with Crippen LogP contribution < -0.4 is 0 Å². The van der Waals surface area contributed by atoms with Gasteiger partial charge in [0.05, 0.1) is 11.6 Å². The monoisotopic (exact) mass is 363 g/mol. The predicted molar refractivity (Wildman–Crippen MR) is 112 cm³/mol. The standard InChI is InChI=1S/C26H37N/c1-2-3-19-4-8-21(9-5-19)23-12-14-26-17-24(13-15-25(26)16-23)22-10-6-20(18-27)7-11-22/h6-7,10-11,19,21,23-26H,2-5,8-9,12-17H2,1H3. The van der Waals surface area contributed by atoms with Crippen LogP contribution in [-0.2, 0) is 0 Å². The van der Waals surface area contributed by atoms with Crippen LogP contribution in [0.5, 0.6) is 0 Å². The van der Waals surface area contributed by atoms with Crippen molar-refractivity contribution in [1.82, 2.24) is 0 Å². The van der Waals surface area contributed by atoms with Crippen molar-refractivity contribution in [2.24, 2.45) is 29.6 Å². The molecule has 4 atom stereocenters. The lowest BCUT2D eigenvalue weighted by atomic mass is 9.60. The maximum atomic E-state index is 9.02. The van der Waals surface area contributed by atoms with E-state index in [-0.39, 0.29) is 0 Å². The molecule has 0 radical (unpaired) electrons. The SMILES string of the molecule is CCCC1CCC(C2CCC3CC(c4ccc(C#N)cc4)CCC3C2)CC1. The maximum Gasteiger partial charge on any atom is 0.0991 e. The third kappa shape index (κ3) is 4.42. The Morgan fingerprint density at radius 3 is 2.04 bits per heavy atom. The average Bonchev–Trinajstić information content (AvgIpc) is 2.74. The molecule has 1 nitrogen and oxygen atoms in total. The van der Waals surface area contributed by atoms with Gasteiger partial charge in [-0.2, -0.15) is 5.26 Å². The number of hydrogen-bond donors (Lipinski definition) is 0. The summed E-state index contributed by atoms with van der Waals surface area (Å²) in [6.07, 6.45) is 17.7. The number of rotatable bonds is 4. The van der Waals surface area contributed by atoms with Gasteiger partial charge in [0.1, 0.15) is 0 Å². The Bertz CT molecular complexity index is 631. The smallest absolute Gasteiger partial charge is 0.0991 e. The average molecular weight is 364 g/mol. The van der Waals surface area contributed by atoms with Crippen molar-refractivity contribution in [2.75, 3.05) is 0 Å². The summed E-state index contributed by atoms with van der Waals surface area (Å²) >= 11 is 0. The number of nitrogens with zero attached hydrogens (tertiary/aromatic N) is 1. The highest BCUT2D eigenvalue weighted by molar-refractivity contribution is 5.33. The van der Waals surface area contributed by atoms with Crippen LogP contribution in [0.3, 0.4) is 0 Å². The fourth-order valence-electron chi connectivity index (χ4n) is 6.84. The molecule has 4 unspecified atom stereocenters. The molecule has 3 fully saturated rings. The molecule has 146 valence electrons. The first-order valence-electron chi connectivity index (χ1n) is 11.8. The van der Waals surface area contributed by atoms with Crippen molar-refractivity contribution in [3.05, 3.63) is 35.4 Å². The third-order valence-electron chi connectivity index (χ3n) is 8.42. The molecule has 3 saturated carbocycles. The van der Waals surface area contributed by atoms with Gasteiger partial charge in [-0.1, -0.05) is 44.7 Å². The van der Waals surface area contributed by atoms with E-state index in [1.165, 1.54) is 82.6 Å². The van der Waals surface area contributed by atoms with Gasteiger partial charge in [-0.25, -0.2) is 0 Å². The lowest BCUT2D eigenvalue weighted by Crippen LogP contribution is -2.34. The second kappa shape index (κ2) is 8.81. The number of benzene rings is 1.